The molecule has 51 heavy (non-hydrogen) atoms. The number of esters is 2. The minimum absolute atomic E-state index is 0.0715. The quantitative estimate of drug-likeness (QED) is 0.178. The fraction of sp³-hybridized carbons (Fsp3) is 0.757. The van der Waals surface area contributed by atoms with Crippen LogP contribution in [0.1, 0.15) is 81.6 Å². The molecule has 0 aromatic rings. The topological polar surface area (TPSA) is 156 Å². The highest BCUT2D eigenvalue weighted by atomic mass is 19.1. The molecule has 0 bridgehead atoms. The van der Waals surface area contributed by atoms with Gasteiger partial charge in [0.2, 0.25) is 0 Å². The molecule has 0 aliphatic carbocycles. The zero-order chi connectivity index (χ0) is 38.6. The van der Waals surface area contributed by atoms with Crippen LogP contribution >= 0.6 is 0 Å². The Morgan fingerprint density at radius 2 is 1.75 bits per heavy atom. The van der Waals surface area contributed by atoms with E-state index >= 15 is 4.39 Å². The van der Waals surface area contributed by atoms with E-state index in [0.29, 0.717) is 6.42 Å². The molecule has 0 aromatic heterocycles. The summed E-state index contributed by atoms with van der Waals surface area (Å²) < 4.78 is 52.8. The van der Waals surface area contributed by atoms with Crippen molar-refractivity contribution in [2.75, 3.05) is 20.7 Å². The third kappa shape index (κ3) is 8.91. The Labute approximate surface area is 300 Å². The molecule has 3 aliphatic heterocycles. The average Bonchev–Trinajstić information content (AvgIpc) is 3.36. The van der Waals surface area contributed by atoms with Gasteiger partial charge in [-0.25, -0.2) is 14.0 Å². The van der Waals surface area contributed by atoms with Crippen molar-refractivity contribution in [3.05, 3.63) is 0 Å². The van der Waals surface area contributed by atoms with E-state index in [4.69, 9.17) is 34.8 Å². The molecule has 0 unspecified atom stereocenters. The molecule has 0 spiro atoms. The Balaban J connectivity index is 2.25. The molecule has 3 saturated heterocycles. The van der Waals surface area contributed by atoms with Gasteiger partial charge in [0.05, 0.1) is 29.9 Å². The summed E-state index contributed by atoms with van der Waals surface area (Å²) in [5.74, 6) is 0.568. The number of amides is 1. The maximum Gasteiger partial charge on any atom is 0.408 e. The van der Waals surface area contributed by atoms with E-state index in [0.717, 1.165) is 6.92 Å². The molecule has 0 radical (unpaired) electrons. The van der Waals surface area contributed by atoms with Crippen LogP contribution in [-0.4, -0.2) is 115 Å². The highest BCUT2D eigenvalue weighted by molar-refractivity contribution is 6.08. The van der Waals surface area contributed by atoms with Crippen LogP contribution in [0.4, 0.5) is 9.18 Å². The number of fused-ring (bicyclic) bond motifs is 1. The summed E-state index contributed by atoms with van der Waals surface area (Å²) in [5.41, 5.74) is -6.41. The average molecular weight is 721 g/mol. The van der Waals surface area contributed by atoms with Crippen LogP contribution in [0.3, 0.4) is 0 Å². The van der Waals surface area contributed by atoms with Crippen LogP contribution in [0.2, 0.25) is 0 Å². The zero-order valence-corrected chi connectivity index (χ0v) is 31.5. The van der Waals surface area contributed by atoms with Crippen molar-refractivity contribution in [3.8, 4) is 24.2 Å². The minimum atomic E-state index is -3.22. The third-order valence-electron chi connectivity index (χ3n) is 10.4. The van der Waals surface area contributed by atoms with Crippen molar-refractivity contribution in [3.63, 3.8) is 0 Å². The normalized spacial score (nSPS) is 40.8. The number of cyclic esters (lactones) is 1. The van der Waals surface area contributed by atoms with Crippen molar-refractivity contribution in [1.82, 2.24) is 10.2 Å². The van der Waals surface area contributed by atoms with Gasteiger partial charge in [0, 0.05) is 24.7 Å². The van der Waals surface area contributed by atoms with Crippen LogP contribution in [0, 0.1) is 41.9 Å². The third-order valence-corrected chi connectivity index (χ3v) is 10.4. The predicted octanol–water partition coefficient (Wildman–Crippen LogP) is 3.15. The summed E-state index contributed by atoms with van der Waals surface area (Å²) in [6.07, 6.45) is -0.412. The zero-order valence-electron chi connectivity index (χ0n) is 31.5. The Hall–Kier alpha value is -3.56. The molecule has 0 saturated carbocycles. The van der Waals surface area contributed by atoms with Crippen molar-refractivity contribution >= 4 is 29.6 Å². The molecule has 13 nitrogen and oxygen atoms in total. The summed E-state index contributed by atoms with van der Waals surface area (Å²) in [5, 5.41) is 2.67. The highest BCUT2D eigenvalue weighted by Crippen LogP contribution is 2.41. The van der Waals surface area contributed by atoms with E-state index in [1.54, 1.807) is 27.7 Å². The van der Waals surface area contributed by atoms with Crippen LogP contribution in [0.15, 0.2) is 0 Å². The van der Waals surface area contributed by atoms with E-state index in [2.05, 4.69) is 23.1 Å². The first-order valence-electron chi connectivity index (χ1n) is 17.3. The molecule has 3 aliphatic rings. The van der Waals surface area contributed by atoms with E-state index in [-0.39, 0.29) is 31.3 Å². The number of rotatable bonds is 7. The number of terminal acetylenes is 1. The molecular formula is C37H53FN2O11. The van der Waals surface area contributed by atoms with Gasteiger partial charge in [-0.05, 0) is 72.9 Å². The van der Waals surface area contributed by atoms with Gasteiger partial charge in [0.1, 0.15) is 18.5 Å². The fourth-order valence-corrected chi connectivity index (χ4v) is 7.72. The molecule has 1 amide bonds. The van der Waals surface area contributed by atoms with Crippen molar-refractivity contribution in [2.24, 2.45) is 17.8 Å². The maximum atomic E-state index is 16.7. The number of ether oxygens (including phenoxy) is 6. The minimum Gasteiger partial charge on any atom is -0.455 e. The molecular weight excluding hydrogens is 667 g/mol. The van der Waals surface area contributed by atoms with E-state index < -0.39 is 95.2 Å². The lowest BCUT2D eigenvalue weighted by Crippen LogP contribution is -2.62. The number of nitrogens with zero attached hydrogens (tertiary/aromatic N) is 1. The summed E-state index contributed by atoms with van der Waals surface area (Å²) in [6, 6.07) is -1.36. The van der Waals surface area contributed by atoms with E-state index in [1.165, 1.54) is 20.8 Å². The molecule has 0 aromatic carbocycles. The number of likely N-dealkylation sites (N-methyl/N-ethyl adjacent to an activating group) is 1. The highest BCUT2D eigenvalue weighted by Gasteiger charge is 2.59. The fourth-order valence-electron chi connectivity index (χ4n) is 7.72. The number of halogens is 1. The second kappa shape index (κ2) is 16.4. The maximum absolute atomic E-state index is 16.7. The van der Waals surface area contributed by atoms with Gasteiger partial charge in [0.25, 0.3) is 5.67 Å². The molecule has 3 heterocycles. The standard InChI is InChI=1S/C37H53FN2O11/c1-13-15-16-17-46-35(8)19-20(3)27(42)22(5)29-37(10,51-34(45)39-29)26(14-2)49-33(44)36(9,38)30(43)23(6)31(35)50-32-28(48-24(7)41)25(40(11)12)18-21(4)47-32/h1,20-23,25-26,28-29,31-32H,14,17-19H2,2-12H3,(H,39,45)/t20-,21-,22+,23+,25+,26+,28-,29-,31-,32+,35+,36+,37-/m1/s1. The van der Waals surface area contributed by atoms with Gasteiger partial charge in [-0.2, -0.15) is 0 Å². The number of hydrogen-bond acceptors (Lipinski definition) is 12. The van der Waals surface area contributed by atoms with Crippen molar-refractivity contribution < 1.29 is 56.8 Å². The SMILES string of the molecule is C#CC#CCO[C@@]1(C)C[C@@H](C)C(=O)[C@H](C)[C@H]2NC(=O)O[C@]2(C)[C@H](CC)OC(=O)[C@@](C)(F)C(=O)[C@H](C)[C@H]1O[C@@H]1O[C@H](C)C[C@H](N(C)C)[C@H]1OC(C)=O. The first-order valence-corrected chi connectivity index (χ1v) is 17.3. The second-order valence-electron chi connectivity index (χ2n) is 14.7. The first kappa shape index (κ1) is 41.9. The summed E-state index contributed by atoms with van der Waals surface area (Å²) in [6.45, 7) is 13.0. The van der Waals surface area contributed by atoms with Crippen molar-refractivity contribution in [2.45, 2.75) is 141 Å². The van der Waals surface area contributed by atoms with Gasteiger partial charge in [0.15, 0.2) is 23.8 Å². The number of nitrogens with one attached hydrogen (secondary N) is 1. The van der Waals surface area contributed by atoms with Gasteiger partial charge >= 0.3 is 18.0 Å². The smallest absolute Gasteiger partial charge is 0.408 e. The molecule has 284 valence electrons. The van der Waals surface area contributed by atoms with E-state index in [1.807, 2.05) is 25.9 Å². The van der Waals surface area contributed by atoms with Crippen LogP contribution in [0.25, 0.3) is 0 Å². The lowest BCUT2D eigenvalue weighted by Gasteiger charge is -2.48. The Morgan fingerprint density at radius 3 is 2.31 bits per heavy atom. The monoisotopic (exact) mass is 720 g/mol. The molecule has 14 heteroatoms. The summed E-state index contributed by atoms with van der Waals surface area (Å²) in [4.78, 5) is 68.9. The lowest BCUT2D eigenvalue weighted by atomic mass is 9.73. The van der Waals surface area contributed by atoms with Crippen molar-refractivity contribution in [1.29, 1.82) is 0 Å². The summed E-state index contributed by atoms with van der Waals surface area (Å²) in [7, 11) is 3.62. The van der Waals surface area contributed by atoms with Crippen LogP contribution in [-0.2, 0) is 47.6 Å². The molecule has 13 atom stereocenters. The number of ketones is 2. The van der Waals surface area contributed by atoms with Gasteiger partial charge in [-0.15, -0.1) is 6.42 Å². The van der Waals surface area contributed by atoms with Gasteiger partial charge < -0.3 is 38.6 Å². The largest absolute Gasteiger partial charge is 0.455 e. The number of alkyl halides is 1. The lowest BCUT2D eigenvalue weighted by molar-refractivity contribution is -0.299. The molecule has 3 rings (SSSR count). The molecule has 1 N–H and O–H groups in total. The molecule has 3 fully saturated rings. The van der Waals surface area contributed by atoms with Gasteiger partial charge in [-0.3, -0.25) is 14.4 Å². The van der Waals surface area contributed by atoms with Crippen LogP contribution in [0.5, 0.6) is 0 Å². The second-order valence-corrected chi connectivity index (χ2v) is 14.7. The number of hydrogen-bond donors (Lipinski definition) is 1. The Kier molecular flexibility index (Phi) is 13.5. The number of alkyl carbamates (subject to hydrolysis) is 1. The Bertz CT molecular complexity index is 1450. The predicted molar refractivity (Wildman–Crippen MR) is 181 cm³/mol. The van der Waals surface area contributed by atoms with Gasteiger partial charge in [-0.1, -0.05) is 33.6 Å². The summed E-state index contributed by atoms with van der Waals surface area (Å²) >= 11 is 0. The number of Topliss-reactive ketones (excluding diaryl/α,β-unsaturated/α-hetero) is 2. The first-order chi connectivity index (χ1) is 23.6. The Morgan fingerprint density at radius 1 is 1.10 bits per heavy atom. The van der Waals surface area contributed by atoms with E-state index in [9.17, 15) is 24.0 Å². The number of carbonyl (C=O) groups excluding carboxylic acids is 5. The number of carbonyl (C=O) groups is 5. The van der Waals surface area contributed by atoms with Crippen LogP contribution < -0.4 is 5.32 Å².